The molecule has 0 saturated heterocycles. The Morgan fingerprint density at radius 2 is 2.10 bits per heavy atom. The quantitative estimate of drug-likeness (QED) is 0.617. The molecule has 0 saturated carbocycles. The van der Waals surface area contributed by atoms with Crippen LogP contribution in [0.4, 0.5) is 0 Å². The maximum absolute atomic E-state index is 12.2. The molecule has 0 aliphatic carbocycles. The van der Waals surface area contributed by atoms with Gasteiger partial charge >= 0.3 is 0 Å². The lowest BCUT2D eigenvalue weighted by molar-refractivity contribution is -0.132. The van der Waals surface area contributed by atoms with E-state index in [1.165, 1.54) is 0 Å². The molecule has 20 heavy (non-hydrogen) atoms. The average molecular weight is 315 g/mol. The highest BCUT2D eigenvalue weighted by Gasteiger charge is 2.17. The second-order valence-electron chi connectivity index (χ2n) is 4.78. The summed E-state index contributed by atoms with van der Waals surface area (Å²) in [5.41, 5.74) is 0.963. The summed E-state index contributed by atoms with van der Waals surface area (Å²) in [5, 5.41) is 4.04. The smallest absolute Gasteiger partial charge is 0.237 e. The molecule has 1 aromatic carbocycles. The van der Waals surface area contributed by atoms with Crippen molar-refractivity contribution in [3.8, 4) is 0 Å². The van der Waals surface area contributed by atoms with E-state index in [0.717, 1.165) is 5.56 Å². The molecule has 0 unspecified atom stereocenters. The van der Waals surface area contributed by atoms with E-state index in [1.807, 2.05) is 19.9 Å². The molecule has 0 spiro atoms. The number of halogens is 2. The zero-order valence-electron chi connectivity index (χ0n) is 11.8. The van der Waals surface area contributed by atoms with E-state index >= 15 is 0 Å². The van der Waals surface area contributed by atoms with E-state index in [-0.39, 0.29) is 11.9 Å². The molecule has 0 bridgehead atoms. The third kappa shape index (κ3) is 5.16. The lowest BCUT2D eigenvalue weighted by Gasteiger charge is -2.27. The van der Waals surface area contributed by atoms with Gasteiger partial charge in [0.25, 0.3) is 0 Å². The second kappa shape index (κ2) is 8.30. The minimum Gasteiger partial charge on any atom is -0.335 e. The number of nitrogens with zero attached hydrogens (tertiary/aromatic N) is 1. The number of rotatable bonds is 7. The lowest BCUT2D eigenvalue weighted by atomic mass is 10.2. The Hall–Kier alpha value is -1.03. The summed E-state index contributed by atoms with van der Waals surface area (Å²) >= 11 is 11.9. The van der Waals surface area contributed by atoms with Crippen LogP contribution in [0.3, 0.4) is 0 Å². The Bertz CT molecular complexity index is 475. The van der Waals surface area contributed by atoms with Gasteiger partial charge in [0, 0.05) is 19.1 Å². The molecule has 0 fully saturated rings. The molecule has 0 aromatic heterocycles. The zero-order valence-corrected chi connectivity index (χ0v) is 13.3. The van der Waals surface area contributed by atoms with Crippen molar-refractivity contribution in [2.45, 2.75) is 26.4 Å². The molecule has 1 aromatic rings. The molecular weight excluding hydrogens is 295 g/mol. The molecule has 0 atom stereocenters. The third-order valence-electron chi connectivity index (χ3n) is 2.85. The van der Waals surface area contributed by atoms with Crippen LogP contribution in [0, 0.1) is 0 Å². The van der Waals surface area contributed by atoms with Crippen molar-refractivity contribution in [2.24, 2.45) is 0 Å². The monoisotopic (exact) mass is 314 g/mol. The fraction of sp³-hybridized carbons (Fsp3) is 0.400. The Morgan fingerprint density at radius 3 is 2.65 bits per heavy atom. The van der Waals surface area contributed by atoms with Gasteiger partial charge < -0.3 is 10.2 Å². The first kappa shape index (κ1) is 17.0. The minimum absolute atomic E-state index is 0.0490. The van der Waals surface area contributed by atoms with Crippen LogP contribution in [-0.4, -0.2) is 29.9 Å². The van der Waals surface area contributed by atoms with Gasteiger partial charge in [-0.2, -0.15) is 0 Å². The van der Waals surface area contributed by atoms with Crippen LogP contribution in [0.5, 0.6) is 0 Å². The fourth-order valence-electron chi connectivity index (χ4n) is 1.78. The molecule has 3 nitrogen and oxygen atoms in total. The predicted octanol–water partition coefficient (Wildman–Crippen LogP) is 3.51. The van der Waals surface area contributed by atoms with Crippen molar-refractivity contribution in [3.63, 3.8) is 0 Å². The van der Waals surface area contributed by atoms with Gasteiger partial charge in [-0.1, -0.05) is 35.3 Å². The van der Waals surface area contributed by atoms with Crippen LogP contribution >= 0.6 is 23.2 Å². The molecule has 0 radical (unpaired) electrons. The highest BCUT2D eigenvalue weighted by molar-refractivity contribution is 6.42. The summed E-state index contributed by atoms with van der Waals surface area (Å²) in [6.07, 6.45) is 1.73. The number of hydrogen-bond acceptors (Lipinski definition) is 2. The van der Waals surface area contributed by atoms with E-state index in [4.69, 9.17) is 23.2 Å². The van der Waals surface area contributed by atoms with Crippen LogP contribution in [0.25, 0.3) is 0 Å². The Kier molecular flexibility index (Phi) is 7.06. The van der Waals surface area contributed by atoms with Crippen LogP contribution < -0.4 is 5.32 Å². The van der Waals surface area contributed by atoms with Crippen LogP contribution in [0.15, 0.2) is 30.9 Å². The second-order valence-corrected chi connectivity index (χ2v) is 5.60. The molecule has 1 N–H and O–H groups in total. The summed E-state index contributed by atoms with van der Waals surface area (Å²) in [6.45, 7) is 9.02. The number of carbonyl (C=O) groups excluding carboxylic acids is 1. The summed E-state index contributed by atoms with van der Waals surface area (Å²) in [6, 6.07) is 5.54. The van der Waals surface area contributed by atoms with Crippen molar-refractivity contribution in [1.29, 1.82) is 0 Å². The Balaban J connectivity index is 2.73. The maximum Gasteiger partial charge on any atom is 0.237 e. The van der Waals surface area contributed by atoms with Gasteiger partial charge in [0.2, 0.25) is 5.91 Å². The molecule has 0 heterocycles. The van der Waals surface area contributed by atoms with Crippen LogP contribution in [-0.2, 0) is 11.3 Å². The fourth-order valence-corrected chi connectivity index (χ4v) is 2.10. The first-order valence-corrected chi connectivity index (χ1v) is 7.26. The number of amides is 1. The van der Waals surface area contributed by atoms with Gasteiger partial charge in [-0.05, 0) is 31.5 Å². The molecule has 5 heteroatoms. The topological polar surface area (TPSA) is 32.3 Å². The molecule has 110 valence electrons. The van der Waals surface area contributed by atoms with E-state index in [1.54, 1.807) is 23.1 Å². The van der Waals surface area contributed by atoms with Crippen molar-refractivity contribution >= 4 is 29.1 Å². The van der Waals surface area contributed by atoms with Gasteiger partial charge in [0.05, 0.1) is 16.6 Å². The maximum atomic E-state index is 12.2. The summed E-state index contributed by atoms with van der Waals surface area (Å²) < 4.78 is 0. The number of benzene rings is 1. The van der Waals surface area contributed by atoms with E-state index < -0.39 is 0 Å². The molecule has 1 amide bonds. The Morgan fingerprint density at radius 1 is 1.40 bits per heavy atom. The molecule has 1 rings (SSSR count). The van der Waals surface area contributed by atoms with E-state index in [2.05, 4.69) is 11.9 Å². The number of carbonyl (C=O) groups is 1. The van der Waals surface area contributed by atoms with Gasteiger partial charge in [-0.25, -0.2) is 0 Å². The minimum atomic E-state index is 0.0490. The molecule has 0 aliphatic rings. The Labute approximate surface area is 130 Å². The highest BCUT2D eigenvalue weighted by atomic mass is 35.5. The first-order valence-electron chi connectivity index (χ1n) is 6.50. The SMILES string of the molecule is C=CCNCC(=O)N(Cc1ccc(Cl)c(Cl)c1)C(C)C. The summed E-state index contributed by atoms with van der Waals surface area (Å²) in [5.74, 6) is 0.0490. The standard InChI is InChI=1S/C15H20Cl2N2O/c1-4-7-18-9-15(20)19(11(2)3)10-12-5-6-13(16)14(17)8-12/h4-6,8,11,18H,1,7,9-10H2,2-3H3. The van der Waals surface area contributed by atoms with Gasteiger partial charge in [0.1, 0.15) is 0 Å². The number of hydrogen-bond donors (Lipinski definition) is 1. The van der Waals surface area contributed by atoms with Crippen molar-refractivity contribution in [2.75, 3.05) is 13.1 Å². The van der Waals surface area contributed by atoms with E-state index in [9.17, 15) is 4.79 Å². The number of nitrogens with one attached hydrogen (secondary N) is 1. The first-order chi connectivity index (χ1) is 9.45. The van der Waals surface area contributed by atoms with Gasteiger partial charge in [0.15, 0.2) is 0 Å². The predicted molar refractivity (Wildman–Crippen MR) is 85.2 cm³/mol. The zero-order chi connectivity index (χ0) is 15.1. The van der Waals surface area contributed by atoms with Crippen molar-refractivity contribution in [1.82, 2.24) is 10.2 Å². The average Bonchev–Trinajstić information content (AvgIpc) is 2.39. The molecule has 0 aliphatic heterocycles. The highest BCUT2D eigenvalue weighted by Crippen LogP contribution is 2.23. The largest absolute Gasteiger partial charge is 0.335 e. The van der Waals surface area contributed by atoms with Crippen molar-refractivity contribution in [3.05, 3.63) is 46.5 Å². The van der Waals surface area contributed by atoms with E-state index in [0.29, 0.717) is 29.7 Å². The summed E-state index contributed by atoms with van der Waals surface area (Å²) in [7, 11) is 0. The van der Waals surface area contributed by atoms with Crippen molar-refractivity contribution < 1.29 is 4.79 Å². The van der Waals surface area contributed by atoms with Gasteiger partial charge in [-0.15, -0.1) is 6.58 Å². The lowest BCUT2D eigenvalue weighted by Crippen LogP contribution is -2.41. The van der Waals surface area contributed by atoms with Crippen LogP contribution in [0.2, 0.25) is 10.0 Å². The third-order valence-corrected chi connectivity index (χ3v) is 3.58. The molecular formula is C15H20Cl2N2O. The van der Waals surface area contributed by atoms with Crippen LogP contribution in [0.1, 0.15) is 19.4 Å². The summed E-state index contributed by atoms with van der Waals surface area (Å²) in [4.78, 5) is 14.0. The van der Waals surface area contributed by atoms with Gasteiger partial charge in [-0.3, -0.25) is 4.79 Å². The normalized spacial score (nSPS) is 10.7.